The molecule has 1 aliphatic heterocycles. The van der Waals surface area contributed by atoms with Crippen molar-refractivity contribution in [1.29, 1.82) is 0 Å². The number of hydrogen-bond acceptors (Lipinski definition) is 2. The van der Waals surface area contributed by atoms with Crippen molar-refractivity contribution in [3.05, 3.63) is 36.5 Å². The lowest BCUT2D eigenvalue weighted by Crippen LogP contribution is -2.12. The Hall–Kier alpha value is -1.31. The van der Waals surface area contributed by atoms with E-state index in [1.54, 1.807) is 6.08 Å². The molecule has 0 bridgehead atoms. The fraction of sp³-hybridized carbons (Fsp3) is 0.500. The number of ether oxygens (including phenoxy) is 1. The number of rotatable bonds is 0. The Bertz CT molecular complexity index is 287. The zero-order chi connectivity index (χ0) is 11.6. The summed E-state index contributed by atoms with van der Waals surface area (Å²) in [6.07, 6.45) is 16.8. The smallest absolute Gasteiger partial charge is 0.331 e. The molecule has 0 aliphatic carbocycles. The highest BCUT2D eigenvalue weighted by molar-refractivity contribution is 5.82. The molecule has 0 fully saturated rings. The highest BCUT2D eigenvalue weighted by Gasteiger charge is 2.05. The molecule has 0 aromatic carbocycles. The van der Waals surface area contributed by atoms with E-state index in [1.807, 2.05) is 13.0 Å². The van der Waals surface area contributed by atoms with Gasteiger partial charge in [0.1, 0.15) is 0 Å². The molecule has 0 unspecified atom stereocenters. The molecule has 1 aliphatic rings. The molecule has 16 heavy (non-hydrogen) atoms. The molecule has 0 saturated carbocycles. The molecule has 1 atom stereocenters. The second kappa shape index (κ2) is 7.91. The van der Waals surface area contributed by atoms with E-state index in [0.29, 0.717) is 0 Å². The summed E-state index contributed by atoms with van der Waals surface area (Å²) >= 11 is 0. The number of allylic oxidation sites excluding steroid dienone is 5. The van der Waals surface area contributed by atoms with Crippen LogP contribution >= 0.6 is 0 Å². The van der Waals surface area contributed by atoms with Crippen LogP contribution in [0.1, 0.15) is 39.0 Å². The number of hydrogen-bond donors (Lipinski definition) is 0. The molecule has 2 heteroatoms. The molecule has 0 aromatic rings. The average Bonchev–Trinajstić information content (AvgIpc) is 2.25. The third-order valence-electron chi connectivity index (χ3n) is 2.44. The average molecular weight is 220 g/mol. The maximum atomic E-state index is 11.3. The van der Waals surface area contributed by atoms with Crippen LogP contribution in [0, 0.1) is 0 Å². The summed E-state index contributed by atoms with van der Waals surface area (Å²) in [6.45, 7) is 1.94. The summed E-state index contributed by atoms with van der Waals surface area (Å²) in [7, 11) is 0. The van der Waals surface area contributed by atoms with Crippen molar-refractivity contribution in [3.63, 3.8) is 0 Å². The van der Waals surface area contributed by atoms with Crippen molar-refractivity contribution in [2.75, 3.05) is 0 Å². The van der Waals surface area contributed by atoms with Crippen LogP contribution in [0.3, 0.4) is 0 Å². The van der Waals surface area contributed by atoms with Gasteiger partial charge in [-0.1, -0.05) is 30.4 Å². The minimum absolute atomic E-state index is 0.0115. The van der Waals surface area contributed by atoms with E-state index < -0.39 is 0 Å². The van der Waals surface area contributed by atoms with E-state index >= 15 is 0 Å². The van der Waals surface area contributed by atoms with Gasteiger partial charge in [0.05, 0.1) is 6.10 Å². The van der Waals surface area contributed by atoms with Crippen molar-refractivity contribution < 1.29 is 9.53 Å². The van der Waals surface area contributed by atoms with Crippen LogP contribution in [0.25, 0.3) is 0 Å². The fourth-order valence-corrected chi connectivity index (χ4v) is 1.56. The molecule has 0 spiro atoms. The van der Waals surface area contributed by atoms with Crippen molar-refractivity contribution in [2.24, 2.45) is 0 Å². The first-order valence-corrected chi connectivity index (χ1v) is 5.98. The molecule has 0 saturated heterocycles. The number of carbonyl (C=O) groups excluding carboxylic acids is 1. The van der Waals surface area contributed by atoms with Crippen molar-refractivity contribution in [1.82, 2.24) is 0 Å². The SMILES string of the molecule is C[C@H]1CCC/C=C/CC/C=C/C=C/C(=O)O1. The summed E-state index contributed by atoms with van der Waals surface area (Å²) in [5, 5.41) is 0. The maximum absolute atomic E-state index is 11.3. The largest absolute Gasteiger partial charge is 0.460 e. The summed E-state index contributed by atoms with van der Waals surface area (Å²) < 4.78 is 5.21. The fourth-order valence-electron chi connectivity index (χ4n) is 1.56. The number of cyclic esters (lactones) is 1. The highest BCUT2D eigenvalue weighted by atomic mass is 16.5. The van der Waals surface area contributed by atoms with Gasteiger partial charge in [0, 0.05) is 6.08 Å². The first-order valence-electron chi connectivity index (χ1n) is 5.98. The van der Waals surface area contributed by atoms with Crippen LogP contribution in [0.5, 0.6) is 0 Å². The summed E-state index contributed by atoms with van der Waals surface area (Å²) in [4.78, 5) is 11.3. The van der Waals surface area contributed by atoms with Gasteiger partial charge in [0.15, 0.2) is 0 Å². The van der Waals surface area contributed by atoms with Crippen LogP contribution in [-0.4, -0.2) is 12.1 Å². The maximum Gasteiger partial charge on any atom is 0.331 e. The Morgan fingerprint density at radius 1 is 1.12 bits per heavy atom. The quantitative estimate of drug-likeness (QED) is 0.461. The number of carbonyl (C=O) groups is 1. The lowest BCUT2D eigenvalue weighted by atomic mass is 10.1. The van der Waals surface area contributed by atoms with E-state index in [-0.39, 0.29) is 12.1 Å². The van der Waals surface area contributed by atoms with Crippen molar-refractivity contribution in [3.8, 4) is 0 Å². The van der Waals surface area contributed by atoms with Crippen molar-refractivity contribution in [2.45, 2.75) is 45.1 Å². The van der Waals surface area contributed by atoms with Crippen LogP contribution in [0.2, 0.25) is 0 Å². The van der Waals surface area contributed by atoms with Crippen LogP contribution in [0.15, 0.2) is 36.5 Å². The lowest BCUT2D eigenvalue weighted by Gasteiger charge is -2.10. The minimum Gasteiger partial charge on any atom is -0.460 e. The van der Waals surface area contributed by atoms with Gasteiger partial charge in [0.25, 0.3) is 0 Å². The number of esters is 1. The van der Waals surface area contributed by atoms with E-state index in [9.17, 15) is 4.79 Å². The molecule has 0 amide bonds. The van der Waals surface area contributed by atoms with Gasteiger partial charge in [0.2, 0.25) is 0 Å². The van der Waals surface area contributed by atoms with E-state index in [1.165, 1.54) is 6.08 Å². The molecule has 88 valence electrons. The van der Waals surface area contributed by atoms with Gasteiger partial charge >= 0.3 is 5.97 Å². The molecular formula is C14H20O2. The van der Waals surface area contributed by atoms with Gasteiger partial charge in [-0.05, 0) is 39.0 Å². The monoisotopic (exact) mass is 220 g/mol. The van der Waals surface area contributed by atoms with Gasteiger partial charge in [-0.2, -0.15) is 0 Å². The predicted molar refractivity (Wildman–Crippen MR) is 66.1 cm³/mol. The Morgan fingerprint density at radius 3 is 2.75 bits per heavy atom. The normalized spacial score (nSPS) is 29.8. The van der Waals surface area contributed by atoms with Gasteiger partial charge < -0.3 is 4.74 Å². The third kappa shape index (κ3) is 6.23. The van der Waals surface area contributed by atoms with E-state index in [2.05, 4.69) is 18.2 Å². The molecule has 0 aromatic heterocycles. The lowest BCUT2D eigenvalue weighted by molar-refractivity contribution is -0.142. The molecule has 1 rings (SSSR count). The van der Waals surface area contributed by atoms with Crippen molar-refractivity contribution >= 4 is 5.97 Å². The highest BCUT2D eigenvalue weighted by Crippen LogP contribution is 2.07. The van der Waals surface area contributed by atoms with Crippen LogP contribution in [0.4, 0.5) is 0 Å². The Morgan fingerprint density at radius 2 is 1.88 bits per heavy atom. The molecule has 0 N–H and O–H groups in total. The summed E-state index contributed by atoms with van der Waals surface area (Å²) in [5.41, 5.74) is 0. The minimum atomic E-state index is -0.246. The zero-order valence-electron chi connectivity index (χ0n) is 9.89. The second-order valence-electron chi connectivity index (χ2n) is 4.01. The molecule has 0 radical (unpaired) electrons. The van der Waals surface area contributed by atoms with E-state index in [0.717, 1.165) is 32.1 Å². The summed E-state index contributed by atoms with van der Waals surface area (Å²) in [5.74, 6) is -0.246. The Labute approximate surface area is 97.7 Å². The standard InChI is InChI=1S/C14H20O2/c1-13-11-9-7-5-3-2-4-6-8-10-12-14(15)16-13/h3,5-6,8,10,12-13H,2,4,7,9,11H2,1H3/b5-3+,8-6+,12-10+/t13-/m0/s1. The summed E-state index contributed by atoms with van der Waals surface area (Å²) in [6, 6.07) is 0. The second-order valence-corrected chi connectivity index (χ2v) is 4.01. The van der Waals surface area contributed by atoms with Gasteiger partial charge in [-0.3, -0.25) is 0 Å². The molecule has 1 heterocycles. The van der Waals surface area contributed by atoms with Gasteiger partial charge in [-0.25, -0.2) is 4.79 Å². The van der Waals surface area contributed by atoms with Crippen LogP contribution in [-0.2, 0) is 9.53 Å². The first-order chi connectivity index (χ1) is 7.79. The topological polar surface area (TPSA) is 26.3 Å². The molecular weight excluding hydrogens is 200 g/mol. The Balaban J connectivity index is 2.49. The third-order valence-corrected chi connectivity index (χ3v) is 2.44. The first kappa shape index (κ1) is 12.8. The molecule has 2 nitrogen and oxygen atoms in total. The van der Waals surface area contributed by atoms with Crippen LogP contribution < -0.4 is 0 Å². The van der Waals surface area contributed by atoms with Gasteiger partial charge in [-0.15, -0.1) is 0 Å². The van der Waals surface area contributed by atoms with E-state index in [4.69, 9.17) is 4.74 Å². The predicted octanol–water partition coefficient (Wildman–Crippen LogP) is 3.55. The zero-order valence-corrected chi connectivity index (χ0v) is 9.89. The Kier molecular flexibility index (Phi) is 6.31.